The fraction of sp³-hybridized carbons (Fsp3) is 0.409. The van der Waals surface area contributed by atoms with Crippen molar-refractivity contribution in [2.75, 3.05) is 45.9 Å². The Kier molecular flexibility index (Phi) is 17.7. The molecule has 13 atom stereocenters. The summed E-state index contributed by atoms with van der Waals surface area (Å²) in [5, 5.41) is 22.9. The van der Waals surface area contributed by atoms with E-state index in [2.05, 4.69) is 21.3 Å². The van der Waals surface area contributed by atoms with Crippen LogP contribution in [0.3, 0.4) is 0 Å². The van der Waals surface area contributed by atoms with Crippen LogP contribution in [0, 0.1) is 23.7 Å². The number of benzene rings is 5. The number of unbranched alkanes of at least 4 members (excludes halogenated alkanes) is 1. The number of carboxylic acids is 1. The lowest BCUT2D eigenvalue weighted by Gasteiger charge is -2.27. The number of hydrogen-bond acceptors (Lipinski definition) is 12. The highest BCUT2D eigenvalue weighted by Crippen LogP contribution is 2.45. The number of aliphatic carboxylic acids is 1. The molecule has 5 aromatic rings. The number of carbonyl (C=O) groups is 9. The molecule has 9 N–H and O–H groups in total. The van der Waals surface area contributed by atoms with Crippen LogP contribution in [0.1, 0.15) is 112 Å². The predicted molar refractivity (Wildman–Crippen MR) is 316 cm³/mol. The topological polar surface area (TPSA) is 293 Å². The predicted octanol–water partition coefficient (Wildman–Crippen LogP) is 4.03. The van der Waals surface area contributed by atoms with Crippen molar-refractivity contribution in [2.45, 2.75) is 98.8 Å². The first-order valence-electron chi connectivity index (χ1n) is 29.9. The van der Waals surface area contributed by atoms with E-state index in [4.69, 9.17) is 16.2 Å². The summed E-state index contributed by atoms with van der Waals surface area (Å²) >= 11 is 0. The number of likely N-dealkylation sites (tertiary alicyclic amines) is 2. The highest BCUT2D eigenvalue weighted by atomic mass is 16.5. The molecule has 6 aliphatic rings. The lowest BCUT2D eigenvalue weighted by atomic mass is 9.94. The lowest BCUT2D eigenvalue weighted by molar-refractivity contribution is -0.158. The summed E-state index contributed by atoms with van der Waals surface area (Å²) in [6, 6.07) is 40.8. The third-order valence-corrected chi connectivity index (χ3v) is 18.0. The van der Waals surface area contributed by atoms with Gasteiger partial charge >= 0.3 is 5.97 Å². The van der Waals surface area contributed by atoms with Gasteiger partial charge in [-0.15, -0.1) is 0 Å². The van der Waals surface area contributed by atoms with E-state index in [0.717, 1.165) is 22.3 Å². The van der Waals surface area contributed by atoms with Gasteiger partial charge in [-0.05, 0) is 91.9 Å². The van der Waals surface area contributed by atoms with Gasteiger partial charge in [0.05, 0.1) is 35.8 Å². The average Bonchev–Trinajstić information content (AvgIpc) is 2.38. The zero-order valence-electron chi connectivity index (χ0n) is 47.7. The monoisotopic (exact) mass is 1170 g/mol. The van der Waals surface area contributed by atoms with Crippen LogP contribution in [0.25, 0.3) is 0 Å². The summed E-state index contributed by atoms with van der Waals surface area (Å²) in [7, 11) is 0. The molecular weight excluding hydrogens is 1090 g/mol. The Labute approximate surface area is 498 Å². The van der Waals surface area contributed by atoms with Crippen molar-refractivity contribution in [1.82, 2.24) is 36.0 Å². The first-order valence-corrected chi connectivity index (χ1v) is 29.9. The Morgan fingerprint density at radius 2 is 0.872 bits per heavy atom. The summed E-state index contributed by atoms with van der Waals surface area (Å²) in [6.45, 7) is -2.09. The van der Waals surface area contributed by atoms with E-state index in [9.17, 15) is 43.5 Å². The Morgan fingerprint density at radius 1 is 0.500 bits per heavy atom. The molecule has 8 amide bonds. The number of rotatable bonds is 24. The van der Waals surface area contributed by atoms with Gasteiger partial charge in [-0.1, -0.05) is 121 Å². The van der Waals surface area contributed by atoms with Crippen molar-refractivity contribution in [1.29, 1.82) is 0 Å². The van der Waals surface area contributed by atoms with Gasteiger partial charge < -0.3 is 52.4 Å². The zero-order valence-corrected chi connectivity index (χ0v) is 47.7. The van der Waals surface area contributed by atoms with Gasteiger partial charge in [0.15, 0.2) is 6.61 Å². The maximum absolute atomic E-state index is 15.2. The molecule has 0 bridgehead atoms. The molecule has 20 heteroatoms. The van der Waals surface area contributed by atoms with Gasteiger partial charge in [-0.3, -0.25) is 43.3 Å². The molecule has 2 aliphatic heterocycles. The average molecular weight is 1170 g/mol. The second kappa shape index (κ2) is 25.8. The van der Waals surface area contributed by atoms with Crippen LogP contribution in [0.5, 0.6) is 5.75 Å². The molecule has 11 rings (SSSR count). The van der Waals surface area contributed by atoms with Crippen LogP contribution in [-0.4, -0.2) is 149 Å². The summed E-state index contributed by atoms with van der Waals surface area (Å²) in [6.07, 6.45) is 3.38. The molecular formula is C66H73N9O11. The largest absolute Gasteiger partial charge is 0.483 e. The van der Waals surface area contributed by atoms with Crippen LogP contribution in [0.15, 0.2) is 140 Å². The maximum Gasteiger partial charge on any atom is 0.326 e. The van der Waals surface area contributed by atoms with Gasteiger partial charge in [-0.25, -0.2) is 4.79 Å². The second-order valence-corrected chi connectivity index (χ2v) is 23.8. The van der Waals surface area contributed by atoms with Crippen molar-refractivity contribution in [3.05, 3.63) is 173 Å². The molecule has 448 valence electrons. The standard InChI is InChI=1S/C66H73N9O11/c67-26-14-13-23-56(66(84)85)75(58(76)32-68)59(77)37-86-57-27-42(64(82)73-33-48(60(78)69-52-28-44(52)38-15-5-1-6-16-38)49(34-73)61(79)70-53-29-45(53)39-17-7-2-8-18-39)24-25-43(57)65(83)74-35-50(62(80)71-54-30-46(54)40-19-9-3-10-20-40)51(36-74)63(81)72-55-31-47(55)41-21-11-4-12-22-41/h1-12,15-22,24-25,27,44-56H,13-14,23,26,28-37,67-68H2,(H,69,78)(H,70,79)(H,71,80)(H,72,81)(H,84,85)/t44-,45-,46-,47-,48-,49-,50-,51-,52+,53+,54+,55+,56+/m1/s1. The van der Waals surface area contributed by atoms with Crippen molar-refractivity contribution in [2.24, 2.45) is 35.1 Å². The number of carboxylic acid groups (broad SMARTS) is 1. The molecule has 0 unspecified atom stereocenters. The molecule has 4 saturated carbocycles. The first kappa shape index (κ1) is 59.0. The quantitative estimate of drug-likeness (QED) is 0.0430. The molecule has 4 aliphatic carbocycles. The molecule has 2 saturated heterocycles. The Morgan fingerprint density at radius 3 is 1.22 bits per heavy atom. The molecule has 0 spiro atoms. The Hall–Kier alpha value is -8.75. The molecule has 0 aromatic heterocycles. The number of carbonyl (C=O) groups excluding carboxylic acids is 8. The number of nitrogens with zero attached hydrogens (tertiary/aromatic N) is 3. The zero-order chi connectivity index (χ0) is 60.2. The third-order valence-electron chi connectivity index (χ3n) is 18.0. The van der Waals surface area contributed by atoms with Gasteiger partial charge in [-0.2, -0.15) is 0 Å². The van der Waals surface area contributed by atoms with Gasteiger partial charge in [0.2, 0.25) is 29.5 Å². The summed E-state index contributed by atoms with van der Waals surface area (Å²) in [5.74, 6) is -10.2. The SMILES string of the molecule is NCCCC[C@@H](C(=O)O)N(C(=O)CN)C(=O)COc1cc(C(=O)N2C[C@@H](C(=O)N[C@H]3C[C@@H]3c3ccccc3)[C@H](C(=O)N[C@H]3C[C@@H]3c3ccccc3)C2)ccc1C(=O)N1C[C@@H](C(=O)N[C@H]2C[C@@H]2c2ccccc2)[C@H](C(=O)N[C@H]2C[C@@H]2c2ccccc2)C1. The van der Waals surface area contributed by atoms with Gasteiger partial charge in [0.1, 0.15) is 11.8 Å². The molecule has 5 aromatic carbocycles. The highest BCUT2D eigenvalue weighted by Gasteiger charge is 2.51. The number of hydrogen-bond donors (Lipinski definition) is 7. The fourth-order valence-corrected chi connectivity index (χ4v) is 12.8. The van der Waals surface area contributed by atoms with Crippen molar-refractivity contribution in [3.8, 4) is 5.75 Å². The highest BCUT2D eigenvalue weighted by molar-refractivity contribution is 6.03. The van der Waals surface area contributed by atoms with Gasteiger partial charge in [0, 0.05) is 79.6 Å². The van der Waals surface area contributed by atoms with Crippen LogP contribution < -0.4 is 37.5 Å². The Bertz CT molecular complexity index is 3210. The van der Waals surface area contributed by atoms with E-state index in [0.29, 0.717) is 37.0 Å². The van der Waals surface area contributed by atoms with E-state index in [-0.39, 0.29) is 122 Å². The van der Waals surface area contributed by atoms with Crippen molar-refractivity contribution < 1.29 is 53.0 Å². The lowest BCUT2D eigenvalue weighted by Crippen LogP contribution is -2.52. The van der Waals surface area contributed by atoms with E-state index in [1.807, 2.05) is 121 Å². The van der Waals surface area contributed by atoms with Crippen LogP contribution in [-0.2, 0) is 33.6 Å². The second-order valence-electron chi connectivity index (χ2n) is 23.8. The van der Waals surface area contributed by atoms with E-state index < -0.39 is 84.3 Å². The third kappa shape index (κ3) is 13.4. The van der Waals surface area contributed by atoms with Crippen LogP contribution >= 0.6 is 0 Å². The van der Waals surface area contributed by atoms with E-state index in [1.54, 1.807) is 0 Å². The number of amides is 8. The number of nitrogens with two attached hydrogens (primary N) is 2. The summed E-state index contributed by atoms with van der Waals surface area (Å²) < 4.78 is 6.15. The molecule has 0 radical (unpaired) electrons. The molecule has 20 nitrogen and oxygen atoms in total. The Balaban J connectivity index is 0.865. The maximum atomic E-state index is 15.2. The minimum atomic E-state index is -1.63. The number of ether oxygens (including phenoxy) is 1. The van der Waals surface area contributed by atoms with Gasteiger partial charge in [0.25, 0.3) is 17.7 Å². The van der Waals surface area contributed by atoms with Crippen LogP contribution in [0.2, 0.25) is 0 Å². The number of imide groups is 1. The van der Waals surface area contributed by atoms with Crippen LogP contribution in [0.4, 0.5) is 0 Å². The smallest absolute Gasteiger partial charge is 0.326 e. The molecule has 86 heavy (non-hydrogen) atoms. The normalized spacial score (nSPS) is 26.1. The van der Waals surface area contributed by atoms with E-state index in [1.165, 1.54) is 28.0 Å². The van der Waals surface area contributed by atoms with Crippen molar-refractivity contribution >= 4 is 53.2 Å². The van der Waals surface area contributed by atoms with Crippen molar-refractivity contribution in [3.63, 3.8) is 0 Å². The fourth-order valence-electron chi connectivity index (χ4n) is 12.8. The first-order chi connectivity index (χ1) is 41.7. The molecule has 2 heterocycles. The summed E-state index contributed by atoms with van der Waals surface area (Å²) in [4.78, 5) is 131. The summed E-state index contributed by atoms with van der Waals surface area (Å²) in [5.41, 5.74) is 15.5. The molecule has 6 fully saturated rings. The minimum absolute atomic E-state index is 0.0484. The number of nitrogens with one attached hydrogen (secondary N) is 4. The minimum Gasteiger partial charge on any atom is -0.483 e. The van der Waals surface area contributed by atoms with E-state index >= 15 is 4.79 Å².